The highest BCUT2D eigenvalue weighted by molar-refractivity contribution is 5.39. The largest absolute Gasteiger partial charge is 0.0951 e. The van der Waals surface area contributed by atoms with Gasteiger partial charge in [0, 0.05) is 11.5 Å². The van der Waals surface area contributed by atoms with E-state index in [1.807, 2.05) is 12.2 Å². The molecule has 0 heterocycles. The highest BCUT2D eigenvalue weighted by Crippen LogP contribution is 2.30. The summed E-state index contributed by atoms with van der Waals surface area (Å²) in [5, 5.41) is 0. The number of unbranched alkanes of at least 4 members (excludes halogenated alkanes) is 4. The zero-order chi connectivity index (χ0) is 19.9. The molecular formula is C28H38. The number of rotatable bonds is 8. The summed E-state index contributed by atoms with van der Waals surface area (Å²) < 4.78 is 0. The third-order valence-electron chi connectivity index (χ3n) is 5.82. The van der Waals surface area contributed by atoms with E-state index in [1.165, 1.54) is 82.6 Å². The van der Waals surface area contributed by atoms with Crippen molar-refractivity contribution < 1.29 is 0 Å². The van der Waals surface area contributed by atoms with Crippen molar-refractivity contribution in [3.8, 4) is 23.7 Å². The summed E-state index contributed by atoms with van der Waals surface area (Å²) in [5.41, 5.74) is 2.51. The van der Waals surface area contributed by atoms with Gasteiger partial charge >= 0.3 is 0 Å². The third kappa shape index (κ3) is 9.33. The van der Waals surface area contributed by atoms with E-state index in [0.29, 0.717) is 5.92 Å². The molecule has 0 N–H and O–H groups in total. The van der Waals surface area contributed by atoms with Crippen molar-refractivity contribution in [2.45, 2.75) is 90.9 Å². The summed E-state index contributed by atoms with van der Waals surface area (Å²) in [6, 6.07) is 8.73. The van der Waals surface area contributed by atoms with Gasteiger partial charge in [-0.25, -0.2) is 0 Å². The molecule has 0 amide bonds. The molecule has 1 aliphatic carbocycles. The van der Waals surface area contributed by atoms with Crippen molar-refractivity contribution >= 4 is 0 Å². The van der Waals surface area contributed by atoms with Gasteiger partial charge in [0.05, 0.1) is 0 Å². The molecule has 2 rings (SSSR count). The topological polar surface area (TPSA) is 0 Å². The van der Waals surface area contributed by atoms with E-state index >= 15 is 0 Å². The monoisotopic (exact) mass is 374 g/mol. The van der Waals surface area contributed by atoms with Crippen molar-refractivity contribution in [2.24, 2.45) is 11.8 Å². The molecule has 0 aromatic heterocycles. The van der Waals surface area contributed by atoms with Crippen LogP contribution in [-0.4, -0.2) is 0 Å². The fourth-order valence-corrected chi connectivity index (χ4v) is 4.07. The smallest absolute Gasteiger partial charge is 0.0249 e. The molecule has 0 unspecified atom stereocenters. The van der Waals surface area contributed by atoms with E-state index in [2.05, 4.69) is 61.8 Å². The van der Waals surface area contributed by atoms with Gasteiger partial charge < -0.3 is 0 Å². The first-order valence-corrected chi connectivity index (χ1v) is 11.6. The van der Waals surface area contributed by atoms with Crippen molar-refractivity contribution in [1.29, 1.82) is 0 Å². The van der Waals surface area contributed by atoms with Crippen LogP contribution < -0.4 is 0 Å². The fraction of sp³-hybridized carbons (Fsp3) is 0.571. The van der Waals surface area contributed by atoms with Gasteiger partial charge in [0.15, 0.2) is 0 Å². The zero-order valence-electron chi connectivity index (χ0n) is 18.1. The van der Waals surface area contributed by atoms with Gasteiger partial charge in [0.2, 0.25) is 0 Å². The average molecular weight is 375 g/mol. The second kappa shape index (κ2) is 14.1. The van der Waals surface area contributed by atoms with Crippen molar-refractivity contribution in [2.75, 3.05) is 0 Å². The molecule has 150 valence electrons. The summed E-state index contributed by atoms with van der Waals surface area (Å²) >= 11 is 0. The summed E-state index contributed by atoms with van der Waals surface area (Å²) in [6.45, 7) is 4.56. The molecule has 1 aromatic carbocycles. The summed E-state index contributed by atoms with van der Waals surface area (Å²) in [5.74, 6) is 14.5. The van der Waals surface area contributed by atoms with Crippen molar-refractivity contribution in [1.82, 2.24) is 0 Å². The molecule has 1 aromatic rings. The van der Waals surface area contributed by atoms with Crippen LogP contribution in [0.5, 0.6) is 0 Å². The second-order valence-corrected chi connectivity index (χ2v) is 8.26. The Labute approximate surface area is 174 Å². The molecule has 0 spiro atoms. The quantitative estimate of drug-likeness (QED) is 0.323. The van der Waals surface area contributed by atoms with Crippen molar-refractivity contribution in [3.63, 3.8) is 0 Å². The lowest BCUT2D eigenvalue weighted by atomic mass is 9.80. The maximum atomic E-state index is 3.42. The van der Waals surface area contributed by atoms with Crippen LogP contribution in [0, 0.1) is 35.5 Å². The van der Waals surface area contributed by atoms with Gasteiger partial charge in [-0.2, -0.15) is 0 Å². The van der Waals surface area contributed by atoms with E-state index < -0.39 is 0 Å². The van der Waals surface area contributed by atoms with E-state index in [4.69, 9.17) is 0 Å². The molecule has 28 heavy (non-hydrogen) atoms. The van der Waals surface area contributed by atoms with Crippen LogP contribution in [-0.2, 0) is 6.42 Å². The molecule has 1 aliphatic rings. The fourth-order valence-electron chi connectivity index (χ4n) is 4.07. The lowest BCUT2D eigenvalue weighted by Gasteiger charge is -2.25. The SMILES string of the molecule is CCCCCCCc1ccc(C#C/C=C/C#CC2CCC(CCC)CC2)cc1. The van der Waals surface area contributed by atoms with Crippen LogP contribution in [0.1, 0.15) is 95.6 Å². The van der Waals surface area contributed by atoms with E-state index in [1.54, 1.807) is 0 Å². The van der Waals surface area contributed by atoms with Gasteiger partial charge in [-0.15, -0.1) is 0 Å². The first kappa shape index (κ1) is 22.4. The minimum atomic E-state index is 0.597. The Kier molecular flexibility index (Phi) is 11.3. The predicted octanol–water partition coefficient (Wildman–Crippen LogP) is 7.72. The number of allylic oxidation sites excluding steroid dienone is 2. The average Bonchev–Trinajstić information content (AvgIpc) is 2.73. The van der Waals surface area contributed by atoms with E-state index in [9.17, 15) is 0 Å². The lowest BCUT2D eigenvalue weighted by molar-refractivity contribution is 0.300. The Hall–Kier alpha value is -1.92. The number of benzene rings is 1. The summed E-state index contributed by atoms with van der Waals surface area (Å²) in [7, 11) is 0. The molecular weight excluding hydrogens is 336 g/mol. The summed E-state index contributed by atoms with van der Waals surface area (Å²) in [6.07, 6.45) is 19.7. The molecule has 1 fully saturated rings. The van der Waals surface area contributed by atoms with Crippen LogP contribution >= 0.6 is 0 Å². The Balaban J connectivity index is 1.68. The van der Waals surface area contributed by atoms with Crippen LogP contribution in [0.3, 0.4) is 0 Å². The van der Waals surface area contributed by atoms with E-state index in [-0.39, 0.29) is 0 Å². The molecule has 0 atom stereocenters. The lowest BCUT2D eigenvalue weighted by Crippen LogP contribution is -2.12. The Morgan fingerprint density at radius 1 is 0.821 bits per heavy atom. The molecule has 1 saturated carbocycles. The predicted molar refractivity (Wildman–Crippen MR) is 123 cm³/mol. The molecule has 0 saturated heterocycles. The molecule has 0 nitrogen and oxygen atoms in total. The highest BCUT2D eigenvalue weighted by Gasteiger charge is 2.18. The van der Waals surface area contributed by atoms with Gasteiger partial charge in [-0.05, 0) is 74.3 Å². The summed E-state index contributed by atoms with van der Waals surface area (Å²) in [4.78, 5) is 0. The van der Waals surface area contributed by atoms with Gasteiger partial charge in [-0.3, -0.25) is 0 Å². The molecule has 0 bridgehead atoms. The molecule has 0 aliphatic heterocycles. The second-order valence-electron chi connectivity index (χ2n) is 8.26. The highest BCUT2D eigenvalue weighted by atomic mass is 14.2. The number of hydrogen-bond acceptors (Lipinski definition) is 0. The maximum Gasteiger partial charge on any atom is 0.0249 e. The van der Waals surface area contributed by atoms with Gasteiger partial charge in [0.1, 0.15) is 0 Å². The number of aryl methyl sites for hydroxylation is 1. The molecule has 0 heteroatoms. The maximum absolute atomic E-state index is 3.42. The normalized spacial score (nSPS) is 18.9. The van der Waals surface area contributed by atoms with Crippen LogP contribution in [0.25, 0.3) is 0 Å². The minimum Gasteiger partial charge on any atom is -0.0951 e. The van der Waals surface area contributed by atoms with Gasteiger partial charge in [-0.1, -0.05) is 88.2 Å². The van der Waals surface area contributed by atoms with Crippen LogP contribution in [0.2, 0.25) is 0 Å². The zero-order valence-corrected chi connectivity index (χ0v) is 18.1. The molecule has 0 radical (unpaired) electrons. The first-order chi connectivity index (χ1) is 13.8. The van der Waals surface area contributed by atoms with Gasteiger partial charge in [0.25, 0.3) is 0 Å². The van der Waals surface area contributed by atoms with Crippen molar-refractivity contribution in [3.05, 3.63) is 47.5 Å². The Bertz CT molecular complexity index is 676. The first-order valence-electron chi connectivity index (χ1n) is 11.6. The Morgan fingerprint density at radius 3 is 2.25 bits per heavy atom. The number of hydrogen-bond donors (Lipinski definition) is 0. The third-order valence-corrected chi connectivity index (χ3v) is 5.82. The van der Waals surface area contributed by atoms with Crippen LogP contribution in [0.4, 0.5) is 0 Å². The minimum absolute atomic E-state index is 0.597. The van der Waals surface area contributed by atoms with Crippen LogP contribution in [0.15, 0.2) is 36.4 Å². The van der Waals surface area contributed by atoms with E-state index in [0.717, 1.165) is 11.5 Å². The standard InChI is InChI=1S/C28H38/c1-3-5-6-7-10-14-27-21-23-28(24-22-27)16-12-9-8-11-15-26-19-17-25(13-4-2)18-20-26/h8-9,21-26H,3-7,10,13-14,17-20H2,1-2H3/b9-8+. The Morgan fingerprint density at radius 2 is 1.54 bits per heavy atom.